The maximum absolute atomic E-state index is 5.51. The van der Waals surface area contributed by atoms with Gasteiger partial charge in [0, 0.05) is 6.04 Å². The van der Waals surface area contributed by atoms with E-state index in [0.29, 0.717) is 6.04 Å². The molecule has 1 rings (SSSR count). The molecule has 0 aliphatic heterocycles. The predicted octanol–water partition coefficient (Wildman–Crippen LogP) is 5.40. The van der Waals surface area contributed by atoms with Crippen molar-refractivity contribution in [3.8, 4) is 5.75 Å². The molecule has 0 aliphatic rings. The Morgan fingerprint density at radius 2 is 2.05 bits per heavy atom. The average molecular weight is 298 g/mol. The van der Waals surface area contributed by atoms with Gasteiger partial charge in [0.25, 0.3) is 0 Å². The SMILES string of the molecule is CCCCC(CC)CC(NCCC)c1sccc1OC. The number of rotatable bonds is 11. The number of nitrogens with one attached hydrogen (secondary N) is 1. The van der Waals surface area contributed by atoms with Gasteiger partial charge in [0.2, 0.25) is 0 Å². The molecule has 1 aromatic heterocycles. The predicted molar refractivity (Wildman–Crippen MR) is 89.8 cm³/mol. The van der Waals surface area contributed by atoms with Gasteiger partial charge in [-0.25, -0.2) is 0 Å². The van der Waals surface area contributed by atoms with Gasteiger partial charge in [0.1, 0.15) is 5.75 Å². The molecule has 0 bridgehead atoms. The molecular weight excluding hydrogens is 266 g/mol. The molecule has 0 spiro atoms. The minimum atomic E-state index is 0.451. The monoisotopic (exact) mass is 297 g/mol. The van der Waals surface area contributed by atoms with Gasteiger partial charge < -0.3 is 10.1 Å². The lowest BCUT2D eigenvalue weighted by Crippen LogP contribution is -2.24. The molecule has 1 N–H and O–H groups in total. The topological polar surface area (TPSA) is 21.3 Å². The molecule has 0 amide bonds. The molecule has 2 unspecified atom stereocenters. The molecule has 1 aromatic rings. The summed E-state index contributed by atoms with van der Waals surface area (Å²) in [6.45, 7) is 7.91. The van der Waals surface area contributed by atoms with E-state index >= 15 is 0 Å². The molecule has 1 heterocycles. The van der Waals surface area contributed by atoms with Gasteiger partial charge in [0.05, 0.1) is 12.0 Å². The van der Waals surface area contributed by atoms with Crippen molar-refractivity contribution >= 4 is 11.3 Å². The molecule has 0 fully saturated rings. The number of hydrogen-bond donors (Lipinski definition) is 1. The molecular formula is C17H31NOS. The Hall–Kier alpha value is -0.540. The van der Waals surface area contributed by atoms with Crippen molar-refractivity contribution in [1.29, 1.82) is 0 Å². The average Bonchev–Trinajstić information content (AvgIpc) is 2.95. The van der Waals surface area contributed by atoms with Crippen molar-refractivity contribution in [2.75, 3.05) is 13.7 Å². The highest BCUT2D eigenvalue weighted by Crippen LogP contribution is 2.35. The first-order chi connectivity index (χ1) is 9.76. The molecule has 2 atom stereocenters. The summed E-state index contributed by atoms with van der Waals surface area (Å²) < 4.78 is 5.51. The van der Waals surface area contributed by atoms with Crippen molar-refractivity contribution in [2.45, 2.75) is 65.3 Å². The van der Waals surface area contributed by atoms with Gasteiger partial charge in [-0.3, -0.25) is 0 Å². The Morgan fingerprint density at radius 3 is 2.65 bits per heavy atom. The number of thiophene rings is 1. The number of methoxy groups -OCH3 is 1. The Kier molecular flexibility index (Phi) is 8.95. The van der Waals surface area contributed by atoms with E-state index in [1.165, 1.54) is 43.4 Å². The zero-order valence-corrected chi connectivity index (χ0v) is 14.4. The van der Waals surface area contributed by atoms with E-state index in [1.54, 1.807) is 7.11 Å². The van der Waals surface area contributed by atoms with Crippen LogP contribution >= 0.6 is 11.3 Å². The third kappa shape index (κ3) is 5.45. The highest BCUT2D eigenvalue weighted by atomic mass is 32.1. The fourth-order valence-corrected chi connectivity index (χ4v) is 3.60. The first kappa shape index (κ1) is 17.5. The van der Waals surface area contributed by atoms with Gasteiger partial charge in [-0.2, -0.15) is 0 Å². The Bertz CT molecular complexity index is 351. The quantitative estimate of drug-likeness (QED) is 0.590. The number of hydrogen-bond acceptors (Lipinski definition) is 3. The molecule has 0 aromatic carbocycles. The zero-order chi connectivity index (χ0) is 14.8. The van der Waals surface area contributed by atoms with Crippen LogP contribution in [0.4, 0.5) is 0 Å². The second kappa shape index (κ2) is 10.2. The first-order valence-corrected chi connectivity index (χ1v) is 8.99. The second-order valence-electron chi connectivity index (χ2n) is 5.51. The lowest BCUT2D eigenvalue weighted by molar-refractivity contribution is 0.345. The maximum Gasteiger partial charge on any atom is 0.134 e. The van der Waals surface area contributed by atoms with Crippen LogP contribution in [0.15, 0.2) is 11.4 Å². The van der Waals surface area contributed by atoms with Crippen molar-refractivity contribution in [3.63, 3.8) is 0 Å². The summed E-state index contributed by atoms with van der Waals surface area (Å²) in [6, 6.07) is 2.54. The standard InChI is InChI=1S/C17H31NOS/c1-5-8-9-14(7-3)13-15(18-11-6-2)17-16(19-4)10-12-20-17/h10,12,14-15,18H,5-9,11,13H2,1-4H3. The van der Waals surface area contributed by atoms with E-state index in [-0.39, 0.29) is 0 Å². The van der Waals surface area contributed by atoms with Crippen molar-refractivity contribution < 1.29 is 4.74 Å². The maximum atomic E-state index is 5.51. The minimum Gasteiger partial charge on any atom is -0.496 e. The van der Waals surface area contributed by atoms with Gasteiger partial charge in [-0.1, -0.05) is 46.5 Å². The summed E-state index contributed by atoms with van der Waals surface area (Å²) in [6.07, 6.45) is 7.68. The fraction of sp³-hybridized carbons (Fsp3) is 0.765. The smallest absolute Gasteiger partial charge is 0.134 e. The van der Waals surface area contributed by atoms with Crippen molar-refractivity contribution in [1.82, 2.24) is 5.32 Å². The van der Waals surface area contributed by atoms with Crippen LogP contribution in [0.1, 0.15) is 70.2 Å². The third-order valence-corrected chi connectivity index (χ3v) is 4.96. The van der Waals surface area contributed by atoms with Crippen LogP contribution in [0.25, 0.3) is 0 Å². The summed E-state index contributed by atoms with van der Waals surface area (Å²) in [7, 11) is 1.77. The molecule has 0 radical (unpaired) electrons. The third-order valence-electron chi connectivity index (χ3n) is 3.95. The van der Waals surface area contributed by atoms with E-state index in [4.69, 9.17) is 4.74 Å². The summed E-state index contributed by atoms with van der Waals surface area (Å²) in [4.78, 5) is 1.37. The lowest BCUT2D eigenvalue weighted by atomic mass is 9.91. The summed E-state index contributed by atoms with van der Waals surface area (Å²) in [5.41, 5.74) is 0. The first-order valence-electron chi connectivity index (χ1n) is 8.11. The highest BCUT2D eigenvalue weighted by Gasteiger charge is 2.20. The summed E-state index contributed by atoms with van der Waals surface area (Å²) in [5, 5.41) is 5.86. The Morgan fingerprint density at radius 1 is 1.25 bits per heavy atom. The Labute approximate surface area is 128 Å². The molecule has 3 heteroatoms. The normalized spacial score (nSPS) is 14.2. The molecule has 2 nitrogen and oxygen atoms in total. The van der Waals surface area contributed by atoms with Gasteiger partial charge in [-0.15, -0.1) is 11.3 Å². The number of unbranched alkanes of at least 4 members (excludes halogenated alkanes) is 1. The largest absolute Gasteiger partial charge is 0.496 e. The number of ether oxygens (including phenoxy) is 1. The lowest BCUT2D eigenvalue weighted by Gasteiger charge is -2.24. The molecule has 0 saturated heterocycles. The van der Waals surface area contributed by atoms with Crippen LogP contribution in [0.5, 0.6) is 5.75 Å². The van der Waals surface area contributed by atoms with Crippen LogP contribution in [0.3, 0.4) is 0 Å². The van der Waals surface area contributed by atoms with Crippen LogP contribution in [-0.4, -0.2) is 13.7 Å². The Balaban J connectivity index is 2.72. The van der Waals surface area contributed by atoms with E-state index in [1.807, 2.05) is 11.3 Å². The van der Waals surface area contributed by atoms with Gasteiger partial charge in [0.15, 0.2) is 0 Å². The molecule has 116 valence electrons. The molecule has 0 saturated carbocycles. The van der Waals surface area contributed by atoms with Crippen LogP contribution in [-0.2, 0) is 0 Å². The van der Waals surface area contributed by atoms with E-state index in [0.717, 1.165) is 18.2 Å². The molecule has 0 aliphatic carbocycles. The second-order valence-corrected chi connectivity index (χ2v) is 6.46. The zero-order valence-electron chi connectivity index (χ0n) is 13.6. The van der Waals surface area contributed by atoms with E-state index in [9.17, 15) is 0 Å². The molecule has 20 heavy (non-hydrogen) atoms. The van der Waals surface area contributed by atoms with Crippen molar-refractivity contribution in [2.24, 2.45) is 5.92 Å². The highest BCUT2D eigenvalue weighted by molar-refractivity contribution is 7.10. The van der Waals surface area contributed by atoms with Crippen LogP contribution in [0.2, 0.25) is 0 Å². The van der Waals surface area contributed by atoms with Crippen molar-refractivity contribution in [3.05, 3.63) is 16.3 Å². The van der Waals surface area contributed by atoms with Gasteiger partial charge in [-0.05, 0) is 36.8 Å². The minimum absolute atomic E-state index is 0.451. The summed E-state index contributed by atoms with van der Waals surface area (Å²) in [5.74, 6) is 1.87. The summed E-state index contributed by atoms with van der Waals surface area (Å²) >= 11 is 1.82. The van der Waals surface area contributed by atoms with E-state index < -0.39 is 0 Å². The van der Waals surface area contributed by atoms with Crippen LogP contribution in [0, 0.1) is 5.92 Å². The van der Waals surface area contributed by atoms with E-state index in [2.05, 4.69) is 37.5 Å². The van der Waals surface area contributed by atoms with Crippen LogP contribution < -0.4 is 10.1 Å². The fourth-order valence-electron chi connectivity index (χ4n) is 2.65. The van der Waals surface area contributed by atoms with Gasteiger partial charge >= 0.3 is 0 Å².